The molecular weight excluding hydrogens is 282 g/mol. The van der Waals surface area contributed by atoms with Crippen LogP contribution < -0.4 is 11.1 Å². The molecule has 4 N–H and O–H groups in total. The number of rotatable bonds is 4. The van der Waals surface area contributed by atoms with E-state index in [9.17, 15) is 9.90 Å². The number of aliphatic hydroxyl groups excluding tert-OH is 1. The molecule has 2 rings (SSSR count). The predicted octanol–water partition coefficient (Wildman–Crippen LogP) is -0.616. The van der Waals surface area contributed by atoms with Crippen molar-refractivity contribution in [3.05, 3.63) is 12.2 Å². The van der Waals surface area contributed by atoms with Gasteiger partial charge in [0.05, 0.1) is 6.10 Å². The SMILES string of the molecule is Cl.Cn1cnnc1CCNC(=O)[C@H]1CC[C@@H](N)[C@H](O)C1. The van der Waals surface area contributed by atoms with Crippen LogP contribution >= 0.6 is 12.4 Å². The van der Waals surface area contributed by atoms with Crippen molar-refractivity contribution in [1.82, 2.24) is 20.1 Å². The summed E-state index contributed by atoms with van der Waals surface area (Å²) in [4.78, 5) is 12.0. The van der Waals surface area contributed by atoms with Crippen molar-refractivity contribution in [2.45, 2.75) is 37.8 Å². The first-order valence-electron chi connectivity index (χ1n) is 6.62. The Hall–Kier alpha value is -1.18. The summed E-state index contributed by atoms with van der Waals surface area (Å²) in [6, 6.07) is -0.192. The van der Waals surface area contributed by atoms with Gasteiger partial charge in [-0.15, -0.1) is 22.6 Å². The number of hydrogen-bond donors (Lipinski definition) is 3. The topological polar surface area (TPSA) is 106 Å². The number of carbonyl (C=O) groups excluding carboxylic acids is 1. The van der Waals surface area contributed by atoms with Crippen LogP contribution in [0, 0.1) is 5.92 Å². The lowest BCUT2D eigenvalue weighted by molar-refractivity contribution is -0.127. The van der Waals surface area contributed by atoms with Crippen LogP contribution in [0.5, 0.6) is 0 Å². The van der Waals surface area contributed by atoms with Crippen molar-refractivity contribution in [3.63, 3.8) is 0 Å². The fourth-order valence-corrected chi connectivity index (χ4v) is 2.38. The average molecular weight is 304 g/mol. The summed E-state index contributed by atoms with van der Waals surface area (Å²) >= 11 is 0. The Morgan fingerprint density at radius 2 is 2.35 bits per heavy atom. The standard InChI is InChI=1S/C12H21N5O2.ClH/c1-17-7-15-16-11(17)4-5-14-12(19)8-2-3-9(13)10(18)6-8;/h7-10,18H,2-6,13H2,1H3,(H,14,19);1H/t8-,9+,10+;/m0./s1. The van der Waals surface area contributed by atoms with Gasteiger partial charge in [0.1, 0.15) is 12.2 Å². The third-order valence-corrected chi connectivity index (χ3v) is 3.69. The van der Waals surface area contributed by atoms with E-state index in [0.717, 1.165) is 12.2 Å². The molecule has 0 aromatic carbocycles. The van der Waals surface area contributed by atoms with Gasteiger partial charge in [0.25, 0.3) is 0 Å². The molecule has 0 aliphatic heterocycles. The second-order valence-electron chi connectivity index (χ2n) is 5.14. The van der Waals surface area contributed by atoms with Crippen LogP contribution in [0.15, 0.2) is 6.33 Å². The summed E-state index contributed by atoms with van der Waals surface area (Å²) in [7, 11) is 1.87. The number of nitrogens with one attached hydrogen (secondary N) is 1. The summed E-state index contributed by atoms with van der Waals surface area (Å²) in [5.74, 6) is 0.702. The molecule has 0 unspecified atom stereocenters. The monoisotopic (exact) mass is 303 g/mol. The molecule has 0 bridgehead atoms. The largest absolute Gasteiger partial charge is 0.391 e. The molecular formula is C12H22ClN5O2. The third kappa shape index (κ3) is 4.16. The number of aromatic nitrogens is 3. The predicted molar refractivity (Wildman–Crippen MR) is 76.3 cm³/mol. The van der Waals surface area contributed by atoms with Crippen molar-refractivity contribution in [2.75, 3.05) is 6.54 Å². The highest BCUT2D eigenvalue weighted by Crippen LogP contribution is 2.23. The molecule has 8 heteroatoms. The van der Waals surface area contributed by atoms with E-state index in [1.54, 1.807) is 6.33 Å². The van der Waals surface area contributed by atoms with E-state index < -0.39 is 6.10 Å². The Morgan fingerprint density at radius 3 is 2.95 bits per heavy atom. The molecule has 1 saturated carbocycles. The van der Waals surface area contributed by atoms with Gasteiger partial charge in [0, 0.05) is 32.0 Å². The normalized spacial score (nSPS) is 25.9. The molecule has 1 aromatic heterocycles. The molecule has 1 heterocycles. The number of aryl methyl sites for hydroxylation is 1. The zero-order chi connectivity index (χ0) is 13.8. The van der Waals surface area contributed by atoms with E-state index in [1.165, 1.54) is 0 Å². The van der Waals surface area contributed by atoms with Crippen molar-refractivity contribution in [1.29, 1.82) is 0 Å². The lowest BCUT2D eigenvalue weighted by Gasteiger charge is -2.29. The molecule has 0 spiro atoms. The van der Waals surface area contributed by atoms with Crippen LogP contribution in [0.1, 0.15) is 25.1 Å². The zero-order valence-electron chi connectivity index (χ0n) is 11.5. The molecule has 0 saturated heterocycles. The van der Waals surface area contributed by atoms with E-state index in [4.69, 9.17) is 5.73 Å². The summed E-state index contributed by atoms with van der Waals surface area (Å²) in [5, 5.41) is 20.3. The summed E-state index contributed by atoms with van der Waals surface area (Å²) in [6.45, 7) is 0.532. The zero-order valence-corrected chi connectivity index (χ0v) is 12.3. The summed E-state index contributed by atoms with van der Waals surface area (Å²) in [6.07, 6.45) is 3.61. The van der Waals surface area contributed by atoms with Crippen LogP contribution in [0.25, 0.3) is 0 Å². The minimum Gasteiger partial charge on any atom is -0.391 e. The van der Waals surface area contributed by atoms with E-state index in [-0.39, 0.29) is 30.3 Å². The smallest absolute Gasteiger partial charge is 0.223 e. The maximum Gasteiger partial charge on any atom is 0.223 e. The van der Waals surface area contributed by atoms with E-state index in [1.807, 2.05) is 11.6 Å². The molecule has 1 aliphatic carbocycles. The van der Waals surface area contributed by atoms with Crippen LogP contribution in [0.2, 0.25) is 0 Å². The quantitative estimate of drug-likeness (QED) is 0.687. The summed E-state index contributed by atoms with van der Waals surface area (Å²) < 4.78 is 1.83. The number of carbonyl (C=O) groups is 1. The van der Waals surface area contributed by atoms with E-state index >= 15 is 0 Å². The molecule has 0 radical (unpaired) electrons. The molecule has 1 aliphatic rings. The number of nitrogens with two attached hydrogens (primary N) is 1. The highest BCUT2D eigenvalue weighted by molar-refractivity contribution is 5.85. The van der Waals surface area contributed by atoms with Gasteiger partial charge in [-0.1, -0.05) is 0 Å². The number of hydrogen-bond acceptors (Lipinski definition) is 5. The third-order valence-electron chi connectivity index (χ3n) is 3.69. The van der Waals surface area contributed by atoms with Gasteiger partial charge in [-0.05, 0) is 19.3 Å². The fourth-order valence-electron chi connectivity index (χ4n) is 2.38. The van der Waals surface area contributed by atoms with E-state index in [2.05, 4.69) is 15.5 Å². The Balaban J connectivity index is 0.00000200. The molecule has 1 amide bonds. The second-order valence-corrected chi connectivity index (χ2v) is 5.14. The Bertz CT molecular complexity index is 439. The minimum absolute atomic E-state index is 0. The maximum absolute atomic E-state index is 12.0. The van der Waals surface area contributed by atoms with Crippen molar-refractivity contribution < 1.29 is 9.90 Å². The van der Waals surface area contributed by atoms with Gasteiger partial charge in [-0.2, -0.15) is 0 Å². The Morgan fingerprint density at radius 1 is 1.60 bits per heavy atom. The van der Waals surface area contributed by atoms with Crippen LogP contribution in [0.3, 0.4) is 0 Å². The minimum atomic E-state index is -0.566. The van der Waals surface area contributed by atoms with Gasteiger partial charge in [-0.3, -0.25) is 4.79 Å². The van der Waals surface area contributed by atoms with Gasteiger partial charge >= 0.3 is 0 Å². The molecule has 3 atom stereocenters. The van der Waals surface area contributed by atoms with Crippen LogP contribution in [-0.4, -0.2) is 44.5 Å². The molecule has 1 fully saturated rings. The highest BCUT2D eigenvalue weighted by atomic mass is 35.5. The molecule has 7 nitrogen and oxygen atoms in total. The van der Waals surface area contributed by atoms with Gasteiger partial charge in [-0.25, -0.2) is 0 Å². The lowest BCUT2D eigenvalue weighted by Crippen LogP contribution is -2.44. The Kier molecular flexibility index (Phi) is 6.38. The number of aliphatic hydroxyl groups is 1. The van der Waals surface area contributed by atoms with Gasteiger partial charge in [0.2, 0.25) is 5.91 Å². The highest BCUT2D eigenvalue weighted by Gasteiger charge is 2.30. The molecule has 114 valence electrons. The fraction of sp³-hybridized carbons (Fsp3) is 0.750. The van der Waals surface area contributed by atoms with Gasteiger partial charge < -0.3 is 20.7 Å². The molecule has 1 aromatic rings. The summed E-state index contributed by atoms with van der Waals surface area (Å²) in [5.41, 5.74) is 5.72. The average Bonchev–Trinajstić information content (AvgIpc) is 2.78. The lowest BCUT2D eigenvalue weighted by atomic mass is 9.84. The van der Waals surface area contributed by atoms with Crippen LogP contribution in [-0.2, 0) is 18.3 Å². The maximum atomic E-state index is 12.0. The van der Waals surface area contributed by atoms with Crippen molar-refractivity contribution in [3.8, 4) is 0 Å². The first-order chi connectivity index (χ1) is 9.08. The van der Waals surface area contributed by atoms with Gasteiger partial charge in [0.15, 0.2) is 0 Å². The number of amides is 1. The number of nitrogens with zero attached hydrogens (tertiary/aromatic N) is 3. The Labute approximate surface area is 124 Å². The second kappa shape index (κ2) is 7.56. The first kappa shape index (κ1) is 16.9. The number of halogens is 1. The van der Waals surface area contributed by atoms with Crippen molar-refractivity contribution >= 4 is 18.3 Å². The molecule has 20 heavy (non-hydrogen) atoms. The van der Waals surface area contributed by atoms with Crippen molar-refractivity contribution in [2.24, 2.45) is 18.7 Å². The van der Waals surface area contributed by atoms with Crippen LogP contribution in [0.4, 0.5) is 0 Å². The van der Waals surface area contributed by atoms with E-state index in [0.29, 0.717) is 25.8 Å². The first-order valence-corrected chi connectivity index (χ1v) is 6.62.